The van der Waals surface area contributed by atoms with E-state index in [4.69, 9.17) is 20.3 Å². The average molecular weight is 448 g/mol. The molecule has 0 saturated carbocycles. The van der Waals surface area contributed by atoms with Crippen LogP contribution in [0.15, 0.2) is 23.2 Å². The minimum atomic E-state index is -3.51. The molecule has 0 unspecified atom stereocenters. The number of hydrogen-bond acceptors (Lipinski definition) is 9. The maximum atomic E-state index is 11.0. The normalized spacial score (nSPS) is 10.8. The van der Waals surface area contributed by atoms with Crippen LogP contribution in [0.3, 0.4) is 0 Å². The van der Waals surface area contributed by atoms with Gasteiger partial charge in [0.15, 0.2) is 11.5 Å². The number of primary sulfonamides is 1. The van der Waals surface area contributed by atoms with Gasteiger partial charge in [-0.1, -0.05) is 6.07 Å². The van der Waals surface area contributed by atoms with Gasteiger partial charge in [0.1, 0.15) is 28.5 Å². The zero-order chi connectivity index (χ0) is 22.3. The van der Waals surface area contributed by atoms with Crippen molar-refractivity contribution in [3.8, 4) is 34.8 Å². The first-order chi connectivity index (χ1) is 14.3. The van der Waals surface area contributed by atoms with Gasteiger partial charge in [-0.15, -0.1) is 11.8 Å². The summed E-state index contributed by atoms with van der Waals surface area (Å²) in [6.45, 7) is 0. The third-order valence-corrected chi connectivity index (χ3v) is 6.07. The number of anilines is 1. The highest BCUT2D eigenvalue weighted by molar-refractivity contribution is 7.99. The first-order valence-electron chi connectivity index (χ1n) is 8.75. The number of rotatable bonds is 9. The molecule has 9 nitrogen and oxygen atoms in total. The molecule has 11 heteroatoms. The fourth-order valence-electron chi connectivity index (χ4n) is 2.76. The average Bonchev–Trinajstić information content (AvgIpc) is 2.71. The van der Waals surface area contributed by atoms with Crippen molar-refractivity contribution in [1.82, 2.24) is 4.98 Å². The molecule has 0 bridgehead atoms. The molecule has 2 rings (SSSR count). The number of methoxy groups -OCH3 is 2. The molecule has 0 aliphatic heterocycles. The lowest BCUT2D eigenvalue weighted by molar-refractivity contribution is 0.355. The maximum Gasteiger partial charge on any atom is 0.209 e. The molecular formula is C19H21N5O4S2. The van der Waals surface area contributed by atoms with E-state index in [0.717, 1.165) is 0 Å². The number of nitrogen functional groups attached to an aromatic ring is 1. The van der Waals surface area contributed by atoms with Crippen LogP contribution in [-0.4, -0.2) is 39.1 Å². The molecule has 158 valence electrons. The summed E-state index contributed by atoms with van der Waals surface area (Å²) in [5.74, 6) is 1.35. The monoisotopic (exact) mass is 447 g/mol. The maximum absolute atomic E-state index is 11.0. The molecule has 2 aromatic rings. The van der Waals surface area contributed by atoms with Crippen molar-refractivity contribution in [1.29, 1.82) is 10.5 Å². The summed E-state index contributed by atoms with van der Waals surface area (Å²) in [4.78, 5) is 4.22. The van der Waals surface area contributed by atoms with Crippen molar-refractivity contribution in [3.63, 3.8) is 0 Å². The second-order valence-electron chi connectivity index (χ2n) is 6.14. The van der Waals surface area contributed by atoms with Gasteiger partial charge in [0.2, 0.25) is 10.0 Å². The number of pyridine rings is 1. The van der Waals surface area contributed by atoms with Crippen molar-refractivity contribution in [2.45, 2.75) is 17.9 Å². The molecule has 1 aromatic heterocycles. The highest BCUT2D eigenvalue weighted by Gasteiger charge is 2.21. The van der Waals surface area contributed by atoms with Crippen LogP contribution in [0.25, 0.3) is 11.1 Å². The number of sulfonamides is 1. The Morgan fingerprint density at radius 1 is 1.10 bits per heavy atom. The Kier molecular flexibility index (Phi) is 7.89. The Bertz CT molecular complexity index is 1120. The lowest BCUT2D eigenvalue weighted by atomic mass is 9.96. The number of benzene rings is 1. The van der Waals surface area contributed by atoms with Crippen LogP contribution in [-0.2, 0) is 10.0 Å². The summed E-state index contributed by atoms with van der Waals surface area (Å²) in [7, 11) is -0.512. The van der Waals surface area contributed by atoms with E-state index < -0.39 is 10.0 Å². The Balaban J connectivity index is 2.45. The molecule has 1 heterocycles. The van der Waals surface area contributed by atoms with Crippen LogP contribution in [0.2, 0.25) is 0 Å². The summed E-state index contributed by atoms with van der Waals surface area (Å²) in [5.41, 5.74) is 7.23. The fraction of sp³-hybridized carbons (Fsp3) is 0.316. The number of nitriles is 2. The van der Waals surface area contributed by atoms with Gasteiger partial charge in [-0.3, -0.25) is 0 Å². The summed E-state index contributed by atoms with van der Waals surface area (Å²) in [5, 5.41) is 24.8. The molecule has 0 aliphatic carbocycles. The minimum Gasteiger partial charge on any atom is -0.493 e. The van der Waals surface area contributed by atoms with E-state index >= 15 is 0 Å². The topological polar surface area (TPSA) is 165 Å². The first-order valence-corrected chi connectivity index (χ1v) is 11.4. The van der Waals surface area contributed by atoms with Crippen LogP contribution in [0.4, 0.5) is 5.82 Å². The Morgan fingerprint density at radius 2 is 1.77 bits per heavy atom. The van der Waals surface area contributed by atoms with Gasteiger partial charge >= 0.3 is 0 Å². The lowest BCUT2D eigenvalue weighted by Gasteiger charge is -2.15. The predicted octanol–water partition coefficient (Wildman–Crippen LogP) is 2.25. The van der Waals surface area contributed by atoms with E-state index in [-0.39, 0.29) is 22.7 Å². The van der Waals surface area contributed by atoms with Crippen molar-refractivity contribution in [2.24, 2.45) is 5.14 Å². The molecule has 0 aliphatic rings. The molecule has 1 aromatic carbocycles. The van der Waals surface area contributed by atoms with E-state index in [1.807, 2.05) is 6.07 Å². The van der Waals surface area contributed by atoms with E-state index in [9.17, 15) is 18.9 Å². The molecule has 0 radical (unpaired) electrons. The van der Waals surface area contributed by atoms with Crippen LogP contribution in [0, 0.1) is 22.7 Å². The number of thioether (sulfide) groups is 1. The van der Waals surface area contributed by atoms with Crippen molar-refractivity contribution in [2.75, 3.05) is 31.5 Å². The van der Waals surface area contributed by atoms with Crippen LogP contribution in [0.5, 0.6) is 11.5 Å². The van der Waals surface area contributed by atoms with Gasteiger partial charge in [0.25, 0.3) is 0 Å². The Hall–Kier alpha value is -2.99. The Labute approximate surface area is 179 Å². The summed E-state index contributed by atoms with van der Waals surface area (Å²) in [6.07, 6.45) is 0.946. The molecule has 0 saturated heterocycles. The number of nitrogens with zero attached hydrogens (tertiary/aromatic N) is 3. The molecule has 0 fully saturated rings. The standard InChI is InChI=1S/C19H21N5O4S2/c1-27-15-6-5-12(9-16(15)28-2)17-13(10-20)18(22)24-19(14(17)11-21)29-7-3-4-8-30(23,25)26/h5-6,9H,3-4,7-8H2,1-2H3,(H2,22,24)(H2,23,25,26). The minimum absolute atomic E-state index is 0.00770. The third kappa shape index (κ3) is 5.54. The summed E-state index contributed by atoms with van der Waals surface area (Å²) < 4.78 is 32.6. The second kappa shape index (κ2) is 10.2. The number of ether oxygens (including phenoxy) is 2. The molecule has 0 amide bonds. The molecule has 0 spiro atoms. The predicted molar refractivity (Wildman–Crippen MR) is 115 cm³/mol. The first kappa shape index (κ1) is 23.3. The van der Waals surface area contributed by atoms with Crippen LogP contribution >= 0.6 is 11.8 Å². The SMILES string of the molecule is COc1ccc(-c2c(C#N)c(N)nc(SCCCCS(N)(=O)=O)c2C#N)cc1OC. The number of hydrogen-bond donors (Lipinski definition) is 2. The zero-order valence-corrected chi connectivity index (χ0v) is 18.1. The zero-order valence-electron chi connectivity index (χ0n) is 16.5. The van der Waals surface area contributed by atoms with Gasteiger partial charge < -0.3 is 15.2 Å². The highest BCUT2D eigenvalue weighted by atomic mass is 32.2. The fourth-order valence-corrected chi connectivity index (χ4v) is 4.36. The molecule has 4 N–H and O–H groups in total. The van der Waals surface area contributed by atoms with E-state index in [1.165, 1.54) is 26.0 Å². The summed E-state index contributed by atoms with van der Waals surface area (Å²) in [6, 6.07) is 9.18. The number of unbranched alkanes of at least 4 members (excludes halogenated alkanes) is 1. The smallest absolute Gasteiger partial charge is 0.209 e. The van der Waals surface area contributed by atoms with Crippen molar-refractivity contribution in [3.05, 3.63) is 29.3 Å². The highest BCUT2D eigenvalue weighted by Crippen LogP contribution is 2.39. The van der Waals surface area contributed by atoms with Crippen LogP contribution < -0.4 is 20.3 Å². The van der Waals surface area contributed by atoms with Gasteiger partial charge in [-0.2, -0.15) is 10.5 Å². The second-order valence-corrected chi connectivity index (χ2v) is 8.96. The van der Waals surface area contributed by atoms with Gasteiger partial charge in [0, 0.05) is 5.56 Å². The largest absolute Gasteiger partial charge is 0.493 e. The quantitative estimate of drug-likeness (QED) is 0.433. The molecule has 0 atom stereocenters. The van der Waals surface area contributed by atoms with E-state index in [2.05, 4.69) is 11.1 Å². The number of nitrogens with two attached hydrogens (primary N) is 2. The van der Waals surface area contributed by atoms with Gasteiger partial charge in [-0.05, 0) is 36.3 Å². The third-order valence-electron chi connectivity index (χ3n) is 4.15. The van der Waals surface area contributed by atoms with E-state index in [0.29, 0.717) is 46.2 Å². The van der Waals surface area contributed by atoms with Crippen molar-refractivity contribution >= 4 is 27.6 Å². The summed E-state index contributed by atoms with van der Waals surface area (Å²) >= 11 is 1.27. The van der Waals surface area contributed by atoms with Gasteiger partial charge in [0.05, 0.1) is 25.5 Å². The number of aromatic nitrogens is 1. The lowest BCUT2D eigenvalue weighted by Crippen LogP contribution is -2.16. The van der Waals surface area contributed by atoms with Gasteiger partial charge in [-0.25, -0.2) is 18.5 Å². The molecule has 30 heavy (non-hydrogen) atoms. The van der Waals surface area contributed by atoms with Crippen molar-refractivity contribution < 1.29 is 17.9 Å². The van der Waals surface area contributed by atoms with Crippen LogP contribution in [0.1, 0.15) is 24.0 Å². The Morgan fingerprint density at radius 3 is 2.33 bits per heavy atom. The molecular weight excluding hydrogens is 426 g/mol. The van der Waals surface area contributed by atoms with E-state index in [1.54, 1.807) is 18.2 Å².